The third-order valence-corrected chi connectivity index (χ3v) is 5.63. The number of benzene rings is 2. The van der Waals surface area contributed by atoms with Crippen molar-refractivity contribution in [2.75, 3.05) is 5.01 Å². The molecule has 2 N–H and O–H groups in total. The Hall–Kier alpha value is -2.27. The fourth-order valence-electron chi connectivity index (χ4n) is 3.13. The third kappa shape index (κ3) is 5.05. The van der Waals surface area contributed by atoms with Crippen LogP contribution in [0.5, 0.6) is 0 Å². The molecular weight excluding hydrogens is 525 g/mol. The van der Waals surface area contributed by atoms with Crippen molar-refractivity contribution in [3.05, 3.63) is 62.3 Å². The fraction of sp³-hybridized carbons (Fsp3) is 0.333. The van der Waals surface area contributed by atoms with Crippen molar-refractivity contribution >= 4 is 52.3 Å². The Kier molecular flexibility index (Phi) is 7.02. The van der Waals surface area contributed by atoms with Crippen molar-refractivity contribution in [1.29, 1.82) is 0 Å². The molecule has 3 rings (SSSR count). The lowest BCUT2D eigenvalue weighted by molar-refractivity contribution is -0.275. The first-order valence-corrected chi connectivity index (χ1v) is 10.7. The molecule has 2 aromatic rings. The van der Waals surface area contributed by atoms with Crippen LogP contribution in [0, 0.1) is 5.82 Å². The number of carbonyl (C=O) groups is 1. The van der Waals surface area contributed by atoms with Gasteiger partial charge < -0.3 is 9.57 Å². The van der Waals surface area contributed by atoms with Crippen molar-refractivity contribution in [3.8, 4) is 0 Å². The van der Waals surface area contributed by atoms with Crippen LogP contribution >= 0.6 is 34.8 Å². The lowest BCUT2D eigenvalue weighted by Crippen LogP contribution is -2.43. The Balaban J connectivity index is 1.98. The SMILES string of the molecule is CC(C)(C)OC(=O)N(N)c1cc(C2=NOC(c3cc(Cl)c(F)c(Cl)c3)(C(F)(F)F)C2)ccc1Cl. The summed E-state index contributed by atoms with van der Waals surface area (Å²) in [6.45, 7) is 4.89. The van der Waals surface area contributed by atoms with Crippen LogP contribution in [0.2, 0.25) is 15.1 Å². The van der Waals surface area contributed by atoms with E-state index in [-0.39, 0.29) is 22.0 Å². The summed E-state index contributed by atoms with van der Waals surface area (Å²) in [5.74, 6) is 4.77. The fourth-order valence-corrected chi connectivity index (χ4v) is 3.83. The van der Waals surface area contributed by atoms with Gasteiger partial charge in [0.05, 0.1) is 26.5 Å². The number of hydrogen-bond acceptors (Lipinski definition) is 5. The van der Waals surface area contributed by atoms with Crippen molar-refractivity contribution in [1.82, 2.24) is 0 Å². The number of anilines is 1. The van der Waals surface area contributed by atoms with E-state index < -0.39 is 51.3 Å². The summed E-state index contributed by atoms with van der Waals surface area (Å²) >= 11 is 17.6. The lowest BCUT2D eigenvalue weighted by Gasteiger charge is -2.29. The maximum atomic E-state index is 14.2. The Morgan fingerprint density at radius 2 is 1.71 bits per heavy atom. The normalized spacial score (nSPS) is 18.4. The summed E-state index contributed by atoms with van der Waals surface area (Å²) in [6, 6.07) is 5.55. The maximum Gasteiger partial charge on any atom is 0.435 e. The van der Waals surface area contributed by atoms with Crippen molar-refractivity contribution in [2.45, 2.75) is 44.6 Å². The number of hydrogen-bond donors (Lipinski definition) is 1. The molecule has 1 amide bonds. The molecule has 0 fully saturated rings. The first-order chi connectivity index (χ1) is 15.6. The molecule has 0 aromatic heterocycles. The quantitative estimate of drug-likeness (QED) is 0.149. The van der Waals surface area contributed by atoms with Crippen LogP contribution in [-0.4, -0.2) is 23.6 Å². The number of alkyl halides is 3. The zero-order valence-corrected chi connectivity index (χ0v) is 20.2. The molecule has 0 aliphatic carbocycles. The van der Waals surface area contributed by atoms with Gasteiger partial charge in [-0.15, -0.1) is 0 Å². The number of nitrogens with zero attached hydrogens (tertiary/aromatic N) is 2. The number of oxime groups is 1. The number of amides is 1. The van der Waals surface area contributed by atoms with E-state index in [1.807, 2.05) is 0 Å². The number of rotatable bonds is 3. The maximum absolute atomic E-state index is 14.2. The predicted molar refractivity (Wildman–Crippen MR) is 121 cm³/mol. The Morgan fingerprint density at radius 1 is 1.12 bits per heavy atom. The molecular formula is C21H18Cl3F4N3O3. The highest BCUT2D eigenvalue weighted by Crippen LogP contribution is 2.50. The average Bonchev–Trinajstić information content (AvgIpc) is 3.17. The molecule has 6 nitrogen and oxygen atoms in total. The van der Waals surface area contributed by atoms with E-state index in [1.54, 1.807) is 20.8 Å². The molecule has 184 valence electrons. The van der Waals surface area contributed by atoms with Gasteiger partial charge in [0.2, 0.25) is 0 Å². The number of carbonyl (C=O) groups excluding carboxylic acids is 1. The Bertz CT molecular complexity index is 1150. The summed E-state index contributed by atoms with van der Waals surface area (Å²) < 4.78 is 61.6. The molecule has 1 aliphatic rings. The first kappa shape index (κ1) is 26.3. The van der Waals surface area contributed by atoms with Gasteiger partial charge in [0.15, 0.2) is 5.82 Å². The second kappa shape index (κ2) is 9.07. The zero-order valence-electron chi connectivity index (χ0n) is 17.9. The van der Waals surface area contributed by atoms with Crippen LogP contribution in [0.4, 0.5) is 28.0 Å². The van der Waals surface area contributed by atoms with Gasteiger partial charge in [-0.2, -0.15) is 13.2 Å². The van der Waals surface area contributed by atoms with Crippen LogP contribution < -0.4 is 10.9 Å². The van der Waals surface area contributed by atoms with E-state index in [9.17, 15) is 22.4 Å². The average molecular weight is 543 g/mol. The number of halogens is 7. The van der Waals surface area contributed by atoms with Gasteiger partial charge in [0.1, 0.15) is 5.60 Å². The molecule has 0 saturated heterocycles. The monoisotopic (exact) mass is 541 g/mol. The predicted octanol–water partition coefficient (Wildman–Crippen LogP) is 6.98. The molecule has 34 heavy (non-hydrogen) atoms. The van der Waals surface area contributed by atoms with Gasteiger partial charge in [0.25, 0.3) is 5.60 Å². The molecule has 13 heteroatoms. The highest BCUT2D eigenvalue weighted by Gasteiger charge is 2.62. The summed E-state index contributed by atoms with van der Waals surface area (Å²) in [4.78, 5) is 17.2. The highest BCUT2D eigenvalue weighted by molar-refractivity contribution is 6.35. The smallest absolute Gasteiger partial charge is 0.435 e. The van der Waals surface area contributed by atoms with E-state index in [0.717, 1.165) is 12.1 Å². The van der Waals surface area contributed by atoms with Crippen molar-refractivity contribution < 1.29 is 31.9 Å². The van der Waals surface area contributed by atoms with Crippen LogP contribution in [-0.2, 0) is 15.2 Å². The van der Waals surface area contributed by atoms with Gasteiger partial charge in [-0.1, -0.05) is 46.0 Å². The number of nitrogens with two attached hydrogens (primary N) is 1. The van der Waals surface area contributed by atoms with Gasteiger partial charge in [-0.3, -0.25) is 0 Å². The Morgan fingerprint density at radius 3 is 2.24 bits per heavy atom. The summed E-state index contributed by atoms with van der Waals surface area (Å²) in [7, 11) is 0. The second-order valence-electron chi connectivity index (χ2n) is 8.40. The second-order valence-corrected chi connectivity index (χ2v) is 9.62. The summed E-state index contributed by atoms with van der Waals surface area (Å²) in [5, 5.41) is 3.08. The van der Waals surface area contributed by atoms with Crippen LogP contribution in [0.15, 0.2) is 35.5 Å². The van der Waals surface area contributed by atoms with Crippen molar-refractivity contribution in [3.63, 3.8) is 0 Å². The molecule has 1 aliphatic heterocycles. The summed E-state index contributed by atoms with van der Waals surface area (Å²) in [6.07, 6.45) is -6.71. The van der Waals surface area contributed by atoms with Gasteiger partial charge in [-0.05, 0) is 45.0 Å². The minimum atomic E-state index is -4.98. The molecule has 2 aromatic carbocycles. The van der Waals surface area contributed by atoms with Gasteiger partial charge >= 0.3 is 12.3 Å². The van der Waals surface area contributed by atoms with Crippen LogP contribution in [0.1, 0.15) is 38.3 Å². The lowest BCUT2D eigenvalue weighted by atomic mass is 9.86. The third-order valence-electron chi connectivity index (χ3n) is 4.77. The van der Waals surface area contributed by atoms with E-state index in [1.165, 1.54) is 18.2 Å². The van der Waals surface area contributed by atoms with Gasteiger partial charge in [-0.25, -0.2) is 20.0 Å². The van der Waals surface area contributed by atoms with E-state index in [0.29, 0.717) is 5.01 Å². The number of hydrazine groups is 1. The standard InChI is InChI=1S/C21H18Cl3F4N3O3/c1-19(2,3)33-18(32)31(29)16-6-10(4-5-12(16)22)15-9-20(34-30-15,21(26,27)28)11-7-13(23)17(25)14(24)8-11/h4-8H,9,29H2,1-3H3. The molecule has 1 atom stereocenters. The first-order valence-electron chi connectivity index (χ1n) is 9.60. The van der Waals surface area contributed by atoms with E-state index >= 15 is 0 Å². The van der Waals surface area contributed by atoms with Gasteiger partial charge in [0, 0.05) is 17.5 Å². The molecule has 1 unspecified atom stereocenters. The minimum absolute atomic E-state index is 0.0338. The zero-order chi connectivity index (χ0) is 25.6. The number of ether oxygens (including phenoxy) is 1. The largest absolute Gasteiger partial charge is 0.442 e. The molecule has 1 heterocycles. The van der Waals surface area contributed by atoms with Crippen LogP contribution in [0.3, 0.4) is 0 Å². The Labute approximate surface area is 207 Å². The molecule has 0 bridgehead atoms. The minimum Gasteiger partial charge on any atom is -0.442 e. The molecule has 0 radical (unpaired) electrons. The van der Waals surface area contributed by atoms with Crippen molar-refractivity contribution in [2.24, 2.45) is 11.0 Å². The van der Waals surface area contributed by atoms with E-state index in [2.05, 4.69) is 5.16 Å². The highest BCUT2D eigenvalue weighted by atomic mass is 35.5. The summed E-state index contributed by atoms with van der Waals surface area (Å²) in [5.41, 5.74) is -4.39. The molecule has 0 spiro atoms. The molecule has 0 saturated carbocycles. The van der Waals surface area contributed by atoms with E-state index in [4.69, 9.17) is 50.2 Å². The van der Waals surface area contributed by atoms with Crippen LogP contribution in [0.25, 0.3) is 0 Å². The topological polar surface area (TPSA) is 77.2 Å².